The summed E-state index contributed by atoms with van der Waals surface area (Å²) in [5.41, 5.74) is 2.15. The van der Waals surface area contributed by atoms with Crippen LogP contribution < -0.4 is 0 Å². The summed E-state index contributed by atoms with van der Waals surface area (Å²) in [6.45, 7) is 6.11. The molecule has 0 saturated carbocycles. The fourth-order valence-corrected chi connectivity index (χ4v) is 2.17. The monoisotopic (exact) mass is 290 g/mol. The van der Waals surface area contributed by atoms with E-state index in [0.717, 1.165) is 38.2 Å². The average Bonchev–Trinajstić information content (AvgIpc) is 2.44. The van der Waals surface area contributed by atoms with Crippen molar-refractivity contribution >= 4 is 12.0 Å². The lowest BCUT2D eigenvalue weighted by molar-refractivity contribution is -0.131. The third-order valence-corrected chi connectivity index (χ3v) is 3.26. The molecule has 0 aliphatic heterocycles. The Labute approximate surface area is 127 Å². The van der Waals surface area contributed by atoms with Crippen molar-refractivity contribution in [3.63, 3.8) is 0 Å². The summed E-state index contributed by atoms with van der Waals surface area (Å²) in [6, 6.07) is 7.98. The zero-order valence-electron chi connectivity index (χ0n) is 13.2. The fourth-order valence-electron chi connectivity index (χ4n) is 2.17. The van der Waals surface area contributed by atoms with E-state index in [1.54, 1.807) is 6.08 Å². The molecule has 4 heteroatoms. The van der Waals surface area contributed by atoms with Gasteiger partial charge in [0.2, 0.25) is 0 Å². The summed E-state index contributed by atoms with van der Waals surface area (Å²) in [7, 11) is 4.15. The van der Waals surface area contributed by atoms with Crippen LogP contribution in [0, 0.1) is 0 Å². The molecule has 0 aromatic heterocycles. The van der Waals surface area contributed by atoms with E-state index < -0.39 is 5.97 Å². The van der Waals surface area contributed by atoms with Crippen LogP contribution in [0.4, 0.5) is 0 Å². The minimum absolute atomic E-state index is 0.849. The number of likely N-dealkylation sites (N-methyl/N-ethyl adjacent to an activating group) is 1. The summed E-state index contributed by atoms with van der Waals surface area (Å²) in [4.78, 5) is 15.3. The molecule has 0 amide bonds. The number of rotatable bonds is 9. The van der Waals surface area contributed by atoms with Crippen molar-refractivity contribution in [2.24, 2.45) is 0 Å². The van der Waals surface area contributed by atoms with Gasteiger partial charge >= 0.3 is 5.97 Å². The second kappa shape index (κ2) is 9.32. The van der Waals surface area contributed by atoms with Crippen LogP contribution in [0.5, 0.6) is 0 Å². The Morgan fingerprint density at radius 2 is 1.90 bits per heavy atom. The maximum Gasteiger partial charge on any atom is 0.328 e. The zero-order valence-corrected chi connectivity index (χ0v) is 13.2. The third-order valence-electron chi connectivity index (χ3n) is 3.26. The van der Waals surface area contributed by atoms with Gasteiger partial charge in [-0.1, -0.05) is 31.2 Å². The largest absolute Gasteiger partial charge is 0.478 e. The van der Waals surface area contributed by atoms with Crippen molar-refractivity contribution in [2.45, 2.75) is 19.9 Å². The molecule has 0 atom stereocenters. The molecule has 1 aromatic carbocycles. The van der Waals surface area contributed by atoms with Gasteiger partial charge in [-0.2, -0.15) is 0 Å². The number of carboxylic acids is 1. The topological polar surface area (TPSA) is 43.8 Å². The Bertz CT molecular complexity index is 470. The van der Waals surface area contributed by atoms with Crippen LogP contribution >= 0.6 is 0 Å². The molecule has 0 radical (unpaired) electrons. The van der Waals surface area contributed by atoms with Crippen molar-refractivity contribution in [2.75, 3.05) is 33.7 Å². The number of hydrogen-bond donors (Lipinski definition) is 1. The first-order valence-electron chi connectivity index (χ1n) is 7.39. The molecule has 21 heavy (non-hydrogen) atoms. The molecule has 1 aromatic rings. The van der Waals surface area contributed by atoms with Crippen molar-refractivity contribution in [3.05, 3.63) is 41.5 Å². The molecule has 1 rings (SSSR count). The second-order valence-electron chi connectivity index (χ2n) is 5.45. The van der Waals surface area contributed by atoms with Crippen molar-refractivity contribution in [3.8, 4) is 0 Å². The number of aliphatic carboxylic acids is 1. The average molecular weight is 290 g/mol. The first-order valence-corrected chi connectivity index (χ1v) is 7.39. The highest BCUT2D eigenvalue weighted by Crippen LogP contribution is 2.14. The van der Waals surface area contributed by atoms with Gasteiger partial charge in [-0.05, 0) is 44.3 Å². The Kier molecular flexibility index (Phi) is 7.72. The van der Waals surface area contributed by atoms with E-state index in [9.17, 15) is 4.79 Å². The Hall–Kier alpha value is -1.65. The molecular weight excluding hydrogens is 264 g/mol. The lowest BCUT2D eigenvalue weighted by Gasteiger charge is -2.24. The van der Waals surface area contributed by atoms with Crippen LogP contribution in [0.15, 0.2) is 30.3 Å². The van der Waals surface area contributed by atoms with Crippen LogP contribution in [-0.4, -0.2) is 54.6 Å². The number of carbonyl (C=O) groups is 1. The van der Waals surface area contributed by atoms with E-state index in [1.807, 2.05) is 18.2 Å². The van der Waals surface area contributed by atoms with Crippen LogP contribution in [0.2, 0.25) is 0 Å². The van der Waals surface area contributed by atoms with E-state index in [1.165, 1.54) is 11.6 Å². The fraction of sp³-hybridized carbons (Fsp3) is 0.471. The summed E-state index contributed by atoms with van der Waals surface area (Å²) in [6.07, 6.45) is 3.98. The summed E-state index contributed by atoms with van der Waals surface area (Å²) < 4.78 is 0. The normalized spacial score (nSPS) is 11.7. The highest BCUT2D eigenvalue weighted by molar-refractivity contribution is 5.85. The summed E-state index contributed by atoms with van der Waals surface area (Å²) in [5, 5.41) is 8.77. The highest BCUT2D eigenvalue weighted by Gasteiger charge is 2.08. The molecule has 1 N–H and O–H groups in total. The molecule has 0 saturated heterocycles. The van der Waals surface area contributed by atoms with Gasteiger partial charge in [0.1, 0.15) is 0 Å². The number of benzene rings is 1. The summed E-state index contributed by atoms with van der Waals surface area (Å²) in [5.74, 6) is -0.914. The van der Waals surface area contributed by atoms with E-state index in [4.69, 9.17) is 5.11 Å². The number of hydrogen-bond acceptors (Lipinski definition) is 3. The zero-order chi connectivity index (χ0) is 15.7. The molecule has 0 aliphatic rings. The van der Waals surface area contributed by atoms with Gasteiger partial charge in [0, 0.05) is 25.7 Å². The van der Waals surface area contributed by atoms with E-state index in [0.29, 0.717) is 0 Å². The SMILES string of the molecule is CCCN(CCN(C)C)Cc1ccccc1C=CC(=O)O. The van der Waals surface area contributed by atoms with Crippen molar-refractivity contribution in [1.29, 1.82) is 0 Å². The Morgan fingerprint density at radius 3 is 2.52 bits per heavy atom. The molecule has 116 valence electrons. The van der Waals surface area contributed by atoms with Crippen molar-refractivity contribution in [1.82, 2.24) is 9.80 Å². The molecule has 0 fully saturated rings. The molecule has 0 unspecified atom stereocenters. The lowest BCUT2D eigenvalue weighted by Crippen LogP contribution is -2.32. The maximum absolute atomic E-state index is 10.7. The molecule has 4 nitrogen and oxygen atoms in total. The minimum Gasteiger partial charge on any atom is -0.478 e. The predicted molar refractivity (Wildman–Crippen MR) is 87.2 cm³/mol. The minimum atomic E-state index is -0.914. The van der Waals surface area contributed by atoms with E-state index in [-0.39, 0.29) is 0 Å². The molecule has 0 spiro atoms. The van der Waals surface area contributed by atoms with Gasteiger partial charge < -0.3 is 10.0 Å². The van der Waals surface area contributed by atoms with Gasteiger partial charge in [-0.25, -0.2) is 4.79 Å². The Morgan fingerprint density at radius 1 is 1.19 bits per heavy atom. The first kappa shape index (κ1) is 17.4. The third kappa shape index (κ3) is 7.06. The van der Waals surface area contributed by atoms with Crippen LogP contribution in [0.3, 0.4) is 0 Å². The van der Waals surface area contributed by atoms with Crippen LogP contribution in [-0.2, 0) is 11.3 Å². The van der Waals surface area contributed by atoms with E-state index >= 15 is 0 Å². The molecule has 0 heterocycles. The summed E-state index contributed by atoms with van der Waals surface area (Å²) >= 11 is 0. The molecule has 0 bridgehead atoms. The van der Waals surface area contributed by atoms with Gasteiger partial charge in [0.15, 0.2) is 0 Å². The predicted octanol–water partition coefficient (Wildman–Crippen LogP) is 2.56. The van der Waals surface area contributed by atoms with Crippen LogP contribution in [0.1, 0.15) is 24.5 Å². The molecule has 0 aliphatic carbocycles. The highest BCUT2D eigenvalue weighted by atomic mass is 16.4. The first-order chi connectivity index (χ1) is 10.0. The smallest absolute Gasteiger partial charge is 0.328 e. The van der Waals surface area contributed by atoms with Crippen molar-refractivity contribution < 1.29 is 9.90 Å². The van der Waals surface area contributed by atoms with E-state index in [2.05, 4.69) is 36.9 Å². The standard InChI is InChI=1S/C17H26N2O2/c1-4-11-19(13-12-18(2)3)14-16-8-6-5-7-15(16)9-10-17(20)21/h5-10H,4,11-14H2,1-3H3,(H,20,21). The molecular formula is C17H26N2O2. The van der Waals surface area contributed by atoms with Crippen LogP contribution in [0.25, 0.3) is 6.08 Å². The maximum atomic E-state index is 10.7. The second-order valence-corrected chi connectivity index (χ2v) is 5.45. The van der Waals surface area contributed by atoms with Gasteiger partial charge in [-0.3, -0.25) is 4.90 Å². The lowest BCUT2D eigenvalue weighted by atomic mass is 10.1. The van der Waals surface area contributed by atoms with Gasteiger partial charge in [0.05, 0.1) is 0 Å². The number of nitrogens with zero attached hydrogens (tertiary/aromatic N) is 2. The Balaban J connectivity index is 2.80. The van der Waals surface area contributed by atoms with Gasteiger partial charge in [0.25, 0.3) is 0 Å². The van der Waals surface area contributed by atoms with Gasteiger partial charge in [-0.15, -0.1) is 0 Å². The number of carboxylic acid groups (broad SMARTS) is 1. The quantitative estimate of drug-likeness (QED) is 0.710.